The second-order valence-electron chi connectivity index (χ2n) is 4.11. The fraction of sp³-hybridized carbons (Fsp3) is 0.231. The largest absolute Gasteiger partial charge is 0.338 e. The number of rotatable bonds is 6. The van der Waals surface area contributed by atoms with E-state index in [1.165, 1.54) is 23.1 Å². The molecule has 2 aromatic heterocycles. The number of nitrogens with one attached hydrogen (secondary N) is 1. The van der Waals surface area contributed by atoms with Crippen LogP contribution in [0.1, 0.15) is 18.6 Å². The Morgan fingerprint density at radius 3 is 2.86 bits per heavy atom. The molecule has 0 aliphatic heterocycles. The third kappa shape index (κ3) is 3.79. The zero-order valence-corrected chi connectivity index (χ0v) is 12.9. The highest BCUT2D eigenvalue weighted by molar-refractivity contribution is 8.00. The summed E-state index contributed by atoms with van der Waals surface area (Å²) in [5.41, 5.74) is 0.995. The van der Waals surface area contributed by atoms with Gasteiger partial charge in [0.15, 0.2) is 10.2 Å². The van der Waals surface area contributed by atoms with Crippen LogP contribution in [0.25, 0.3) is 0 Å². The molecule has 8 heteroatoms. The molecule has 1 aromatic carbocycles. The Bertz CT molecular complexity index is 697. The first-order chi connectivity index (χ1) is 10.3. The second-order valence-corrected chi connectivity index (χ2v) is 6.31. The van der Waals surface area contributed by atoms with Gasteiger partial charge in [-0.15, -0.1) is 10.2 Å². The highest BCUT2D eigenvalue weighted by atomic mass is 32.2. The number of benzene rings is 1. The first-order valence-corrected chi connectivity index (χ1v) is 8.23. The van der Waals surface area contributed by atoms with Crippen molar-refractivity contribution in [2.24, 2.45) is 0 Å². The Labute approximate surface area is 130 Å². The van der Waals surface area contributed by atoms with Gasteiger partial charge in [0.05, 0.1) is 5.75 Å². The van der Waals surface area contributed by atoms with Gasteiger partial charge in [-0.2, -0.15) is 4.98 Å². The molecule has 0 bridgehead atoms. The van der Waals surface area contributed by atoms with Crippen molar-refractivity contribution in [2.75, 3.05) is 5.32 Å². The SMILES string of the molecule is CCc1noc(CSc2nnc(Nc3ccccc3)s2)n1. The number of hydrogen-bond donors (Lipinski definition) is 1. The van der Waals surface area contributed by atoms with Crippen molar-refractivity contribution in [1.29, 1.82) is 0 Å². The van der Waals surface area contributed by atoms with Crippen molar-refractivity contribution in [3.8, 4) is 0 Å². The monoisotopic (exact) mass is 319 g/mol. The Kier molecular flexibility index (Phi) is 4.46. The van der Waals surface area contributed by atoms with E-state index in [1.807, 2.05) is 37.3 Å². The molecule has 0 fully saturated rings. The van der Waals surface area contributed by atoms with Gasteiger partial charge >= 0.3 is 0 Å². The minimum atomic E-state index is 0.604. The van der Waals surface area contributed by atoms with E-state index in [0.29, 0.717) is 11.6 Å². The summed E-state index contributed by atoms with van der Waals surface area (Å²) in [6.45, 7) is 1.99. The molecule has 2 heterocycles. The fourth-order valence-corrected chi connectivity index (χ4v) is 3.19. The number of nitrogens with zero attached hydrogens (tertiary/aromatic N) is 4. The average Bonchev–Trinajstić information content (AvgIpc) is 3.15. The van der Waals surface area contributed by atoms with E-state index < -0.39 is 0 Å². The lowest BCUT2D eigenvalue weighted by molar-refractivity contribution is 0.385. The number of anilines is 2. The third-order valence-corrected chi connectivity index (χ3v) is 4.53. The van der Waals surface area contributed by atoms with Crippen LogP contribution in [0, 0.1) is 0 Å². The van der Waals surface area contributed by atoms with Crippen molar-refractivity contribution in [2.45, 2.75) is 23.4 Å². The van der Waals surface area contributed by atoms with Crippen LogP contribution in [0.15, 0.2) is 39.2 Å². The first kappa shape index (κ1) is 14.0. The lowest BCUT2D eigenvalue weighted by Gasteiger charge is -1.99. The van der Waals surface area contributed by atoms with Gasteiger partial charge in [0.2, 0.25) is 11.0 Å². The van der Waals surface area contributed by atoms with Gasteiger partial charge in [-0.3, -0.25) is 0 Å². The van der Waals surface area contributed by atoms with E-state index >= 15 is 0 Å². The third-order valence-electron chi connectivity index (χ3n) is 2.58. The summed E-state index contributed by atoms with van der Waals surface area (Å²) >= 11 is 3.04. The predicted molar refractivity (Wildman–Crippen MR) is 82.9 cm³/mol. The maximum atomic E-state index is 5.14. The summed E-state index contributed by atoms with van der Waals surface area (Å²) in [6, 6.07) is 9.89. The Hall–Kier alpha value is -1.93. The highest BCUT2D eigenvalue weighted by Gasteiger charge is 2.09. The average molecular weight is 319 g/mol. The van der Waals surface area contributed by atoms with Crippen LogP contribution >= 0.6 is 23.1 Å². The molecule has 0 saturated carbocycles. The van der Waals surface area contributed by atoms with Crippen LogP contribution < -0.4 is 5.32 Å². The Balaban J connectivity index is 1.57. The summed E-state index contributed by atoms with van der Waals surface area (Å²) in [7, 11) is 0. The molecule has 0 aliphatic rings. The summed E-state index contributed by atoms with van der Waals surface area (Å²) in [5.74, 6) is 1.95. The van der Waals surface area contributed by atoms with Gasteiger partial charge in [0.25, 0.3) is 0 Å². The van der Waals surface area contributed by atoms with Gasteiger partial charge in [-0.05, 0) is 12.1 Å². The Morgan fingerprint density at radius 2 is 2.10 bits per heavy atom. The van der Waals surface area contributed by atoms with E-state index in [-0.39, 0.29) is 0 Å². The van der Waals surface area contributed by atoms with Crippen LogP contribution in [0.5, 0.6) is 0 Å². The molecule has 0 saturated heterocycles. The van der Waals surface area contributed by atoms with E-state index in [2.05, 4.69) is 25.7 Å². The predicted octanol–water partition coefficient (Wildman–Crippen LogP) is 3.52. The molecule has 3 aromatic rings. The second kappa shape index (κ2) is 6.68. The van der Waals surface area contributed by atoms with Crippen LogP contribution in [0.4, 0.5) is 10.8 Å². The lowest BCUT2D eigenvalue weighted by atomic mass is 10.3. The molecule has 108 valence electrons. The number of thioether (sulfide) groups is 1. The zero-order valence-electron chi connectivity index (χ0n) is 11.3. The normalized spacial score (nSPS) is 10.7. The van der Waals surface area contributed by atoms with E-state index in [9.17, 15) is 0 Å². The lowest BCUT2D eigenvalue weighted by Crippen LogP contribution is -1.87. The van der Waals surface area contributed by atoms with Gasteiger partial charge in [-0.25, -0.2) is 0 Å². The molecule has 21 heavy (non-hydrogen) atoms. The summed E-state index contributed by atoms with van der Waals surface area (Å²) in [6.07, 6.45) is 0.776. The maximum Gasteiger partial charge on any atom is 0.237 e. The standard InChI is InChI=1S/C13H13N5OS2/c1-2-10-15-11(19-18-10)8-20-13-17-16-12(21-13)14-9-6-4-3-5-7-9/h3-7H,2,8H2,1H3,(H,14,16). The summed E-state index contributed by atoms with van der Waals surface area (Å²) < 4.78 is 6.00. The minimum absolute atomic E-state index is 0.604. The molecular weight excluding hydrogens is 306 g/mol. The smallest absolute Gasteiger partial charge is 0.237 e. The van der Waals surface area contributed by atoms with Gasteiger partial charge in [0.1, 0.15) is 0 Å². The highest BCUT2D eigenvalue weighted by Crippen LogP contribution is 2.29. The fourth-order valence-electron chi connectivity index (χ4n) is 1.58. The number of aromatic nitrogens is 4. The van der Waals surface area contributed by atoms with Crippen molar-refractivity contribution < 1.29 is 4.52 Å². The first-order valence-electron chi connectivity index (χ1n) is 6.43. The van der Waals surface area contributed by atoms with Crippen LogP contribution in [-0.2, 0) is 12.2 Å². The zero-order chi connectivity index (χ0) is 14.5. The Morgan fingerprint density at radius 1 is 1.24 bits per heavy atom. The number of para-hydroxylation sites is 1. The van der Waals surface area contributed by atoms with Gasteiger partial charge in [0, 0.05) is 12.1 Å². The van der Waals surface area contributed by atoms with Crippen LogP contribution in [0.2, 0.25) is 0 Å². The van der Waals surface area contributed by atoms with Crippen molar-refractivity contribution in [1.82, 2.24) is 20.3 Å². The summed E-state index contributed by atoms with van der Waals surface area (Å²) in [4.78, 5) is 4.26. The molecule has 0 radical (unpaired) electrons. The van der Waals surface area contributed by atoms with Gasteiger partial charge in [-0.1, -0.05) is 53.4 Å². The molecule has 0 unspecified atom stereocenters. The summed E-state index contributed by atoms with van der Waals surface area (Å²) in [5, 5.41) is 16.1. The molecule has 3 rings (SSSR count). The van der Waals surface area contributed by atoms with E-state index in [1.54, 1.807) is 0 Å². The molecular formula is C13H13N5OS2. The van der Waals surface area contributed by atoms with Crippen LogP contribution in [0.3, 0.4) is 0 Å². The minimum Gasteiger partial charge on any atom is -0.338 e. The molecule has 6 nitrogen and oxygen atoms in total. The van der Waals surface area contributed by atoms with E-state index in [4.69, 9.17) is 4.52 Å². The van der Waals surface area contributed by atoms with Crippen molar-refractivity contribution >= 4 is 33.9 Å². The number of hydrogen-bond acceptors (Lipinski definition) is 8. The maximum absolute atomic E-state index is 5.14. The molecule has 1 N–H and O–H groups in total. The van der Waals surface area contributed by atoms with Crippen LogP contribution in [-0.4, -0.2) is 20.3 Å². The van der Waals surface area contributed by atoms with Crippen molar-refractivity contribution in [3.63, 3.8) is 0 Å². The van der Waals surface area contributed by atoms with Gasteiger partial charge < -0.3 is 9.84 Å². The molecule has 0 amide bonds. The molecule has 0 aliphatic carbocycles. The molecule has 0 spiro atoms. The molecule has 0 atom stereocenters. The van der Waals surface area contributed by atoms with E-state index in [0.717, 1.165) is 27.4 Å². The topological polar surface area (TPSA) is 76.7 Å². The van der Waals surface area contributed by atoms with Crippen molar-refractivity contribution in [3.05, 3.63) is 42.0 Å². The quantitative estimate of drug-likeness (QED) is 0.696. The number of aryl methyl sites for hydroxylation is 1.